The summed E-state index contributed by atoms with van der Waals surface area (Å²) >= 11 is 0. The molecule has 0 saturated carbocycles. The van der Waals surface area contributed by atoms with Crippen molar-refractivity contribution in [3.63, 3.8) is 0 Å². The number of nitrogens with one attached hydrogen (secondary N) is 1. The molecule has 0 radical (unpaired) electrons. The third kappa shape index (κ3) is 4.50. The minimum Gasteiger partial charge on any atom is -0.324 e. The first-order chi connectivity index (χ1) is 11.9. The van der Waals surface area contributed by atoms with Gasteiger partial charge in [-0.2, -0.15) is 13.2 Å². The minimum atomic E-state index is -4.54. The van der Waals surface area contributed by atoms with E-state index in [4.69, 9.17) is 5.14 Å². The molecular weight excluding hydrogens is 369 g/mol. The Morgan fingerprint density at radius 1 is 1.31 bits per heavy atom. The first kappa shape index (κ1) is 20.1. The average Bonchev–Trinajstić information content (AvgIpc) is 2.54. The van der Waals surface area contributed by atoms with Crippen molar-refractivity contribution in [2.45, 2.75) is 44.2 Å². The van der Waals surface area contributed by atoms with Gasteiger partial charge in [0.2, 0.25) is 16.0 Å². The lowest BCUT2D eigenvalue weighted by Crippen LogP contribution is -2.15. The van der Waals surface area contributed by atoms with Gasteiger partial charge < -0.3 is 5.32 Å². The second kappa shape index (κ2) is 7.20. The van der Waals surface area contributed by atoms with Crippen molar-refractivity contribution in [3.8, 4) is 0 Å². The number of alkyl halides is 3. The lowest BCUT2D eigenvalue weighted by atomic mass is 10.0. The average molecular weight is 388 g/mol. The molecule has 142 valence electrons. The predicted octanol–water partition coefficient (Wildman–Crippen LogP) is 3.71. The third-order valence-corrected chi connectivity index (χ3v) is 4.89. The standard InChI is InChI=1S/C16H19F3N4O2S/c1-4-9(2)14-12(16(17,18)19)8-21-15(23-14)22-13-6-5-11(7-10(13)3)26(20,24)25/h5-9H,4H2,1-3H3,(H2,20,24,25)(H,21,22,23). The summed E-state index contributed by atoms with van der Waals surface area (Å²) in [6.07, 6.45) is -3.29. The van der Waals surface area contributed by atoms with E-state index < -0.39 is 27.7 Å². The highest BCUT2D eigenvalue weighted by Gasteiger charge is 2.36. The second-order valence-corrected chi connectivity index (χ2v) is 7.51. The summed E-state index contributed by atoms with van der Waals surface area (Å²) in [5, 5.41) is 7.90. The Labute approximate surface area is 149 Å². The fourth-order valence-electron chi connectivity index (χ4n) is 2.32. The van der Waals surface area contributed by atoms with Crippen LogP contribution >= 0.6 is 0 Å². The second-order valence-electron chi connectivity index (χ2n) is 5.95. The molecule has 2 aromatic rings. The molecule has 1 aromatic heterocycles. The van der Waals surface area contributed by atoms with Crippen molar-refractivity contribution >= 4 is 21.7 Å². The lowest BCUT2D eigenvalue weighted by Gasteiger charge is -2.17. The Hall–Kier alpha value is -2.20. The zero-order chi connectivity index (χ0) is 19.7. The highest BCUT2D eigenvalue weighted by Crippen LogP contribution is 2.35. The number of sulfonamides is 1. The molecule has 10 heteroatoms. The van der Waals surface area contributed by atoms with Crippen molar-refractivity contribution in [2.75, 3.05) is 5.32 Å². The van der Waals surface area contributed by atoms with Gasteiger partial charge in [-0.25, -0.2) is 23.5 Å². The van der Waals surface area contributed by atoms with Gasteiger partial charge in [-0.05, 0) is 43.0 Å². The van der Waals surface area contributed by atoms with E-state index in [1.165, 1.54) is 18.2 Å². The molecule has 26 heavy (non-hydrogen) atoms. The van der Waals surface area contributed by atoms with E-state index in [0.29, 0.717) is 17.7 Å². The van der Waals surface area contributed by atoms with Gasteiger partial charge in [0.15, 0.2) is 0 Å². The highest BCUT2D eigenvalue weighted by molar-refractivity contribution is 7.89. The van der Waals surface area contributed by atoms with E-state index in [9.17, 15) is 21.6 Å². The molecule has 0 aliphatic carbocycles. The lowest BCUT2D eigenvalue weighted by molar-refractivity contribution is -0.138. The van der Waals surface area contributed by atoms with Gasteiger partial charge in [0, 0.05) is 11.9 Å². The minimum absolute atomic E-state index is 0.000226. The zero-order valence-electron chi connectivity index (χ0n) is 14.4. The van der Waals surface area contributed by atoms with Crippen LogP contribution in [0.1, 0.15) is 43.0 Å². The maximum atomic E-state index is 13.2. The topological polar surface area (TPSA) is 98.0 Å². The number of nitrogens with zero attached hydrogens (tertiary/aromatic N) is 2. The smallest absolute Gasteiger partial charge is 0.324 e. The van der Waals surface area contributed by atoms with Crippen molar-refractivity contribution < 1.29 is 21.6 Å². The molecule has 1 atom stereocenters. The number of rotatable bonds is 5. The summed E-state index contributed by atoms with van der Waals surface area (Å²) in [6.45, 7) is 5.07. The van der Waals surface area contributed by atoms with E-state index in [2.05, 4.69) is 15.3 Å². The van der Waals surface area contributed by atoms with Crippen molar-refractivity contribution in [1.29, 1.82) is 0 Å². The first-order valence-corrected chi connectivity index (χ1v) is 9.32. The number of hydrogen-bond donors (Lipinski definition) is 2. The molecule has 0 bridgehead atoms. The zero-order valence-corrected chi connectivity index (χ0v) is 15.2. The van der Waals surface area contributed by atoms with Crippen LogP contribution in [0.3, 0.4) is 0 Å². The monoisotopic (exact) mass is 388 g/mol. The van der Waals surface area contributed by atoms with Gasteiger partial charge in [-0.1, -0.05) is 13.8 Å². The predicted molar refractivity (Wildman–Crippen MR) is 91.6 cm³/mol. The van der Waals surface area contributed by atoms with Crippen LogP contribution in [-0.2, 0) is 16.2 Å². The van der Waals surface area contributed by atoms with Crippen molar-refractivity contribution in [3.05, 3.63) is 41.2 Å². The van der Waals surface area contributed by atoms with Crippen LogP contribution in [0.5, 0.6) is 0 Å². The van der Waals surface area contributed by atoms with E-state index in [1.807, 2.05) is 0 Å². The molecule has 0 amide bonds. The molecule has 0 aliphatic rings. The summed E-state index contributed by atoms with van der Waals surface area (Å²) in [4.78, 5) is 7.72. The number of halogens is 3. The molecule has 1 aromatic carbocycles. The Morgan fingerprint density at radius 3 is 2.46 bits per heavy atom. The van der Waals surface area contributed by atoms with Gasteiger partial charge in [0.05, 0.1) is 16.2 Å². The van der Waals surface area contributed by atoms with Crippen LogP contribution in [0, 0.1) is 6.92 Å². The maximum Gasteiger partial charge on any atom is 0.419 e. The molecule has 0 fully saturated rings. The highest BCUT2D eigenvalue weighted by atomic mass is 32.2. The Kier molecular flexibility index (Phi) is 5.57. The van der Waals surface area contributed by atoms with Crippen LogP contribution in [0.15, 0.2) is 29.3 Å². The number of aromatic nitrogens is 2. The van der Waals surface area contributed by atoms with E-state index in [1.54, 1.807) is 20.8 Å². The van der Waals surface area contributed by atoms with Crippen LogP contribution in [0.2, 0.25) is 0 Å². The van der Waals surface area contributed by atoms with Gasteiger partial charge >= 0.3 is 6.18 Å². The fraction of sp³-hybridized carbons (Fsp3) is 0.375. The van der Waals surface area contributed by atoms with Gasteiger partial charge in [0.25, 0.3) is 0 Å². The quantitative estimate of drug-likeness (QED) is 0.814. The van der Waals surface area contributed by atoms with E-state index in [-0.39, 0.29) is 16.5 Å². The normalized spacial score (nSPS) is 13.5. The molecule has 0 aliphatic heterocycles. The SMILES string of the molecule is CCC(C)c1nc(Nc2ccc(S(N)(=O)=O)cc2C)ncc1C(F)(F)F. The number of anilines is 2. The number of hydrogen-bond acceptors (Lipinski definition) is 5. The molecule has 1 heterocycles. The van der Waals surface area contributed by atoms with E-state index in [0.717, 1.165) is 6.20 Å². The molecule has 0 spiro atoms. The van der Waals surface area contributed by atoms with Crippen molar-refractivity contribution in [1.82, 2.24) is 9.97 Å². The Morgan fingerprint density at radius 2 is 1.96 bits per heavy atom. The van der Waals surface area contributed by atoms with Gasteiger partial charge in [-0.15, -0.1) is 0 Å². The molecule has 3 N–H and O–H groups in total. The van der Waals surface area contributed by atoms with E-state index >= 15 is 0 Å². The first-order valence-electron chi connectivity index (χ1n) is 7.78. The number of aryl methyl sites for hydroxylation is 1. The molecule has 6 nitrogen and oxygen atoms in total. The fourth-order valence-corrected chi connectivity index (χ4v) is 2.92. The molecular formula is C16H19F3N4O2S. The molecule has 1 unspecified atom stereocenters. The number of nitrogens with two attached hydrogens (primary N) is 1. The molecule has 2 rings (SSSR count). The van der Waals surface area contributed by atoms with Crippen LogP contribution in [0.4, 0.5) is 24.8 Å². The van der Waals surface area contributed by atoms with Gasteiger partial charge in [0.1, 0.15) is 0 Å². The van der Waals surface area contributed by atoms with Crippen LogP contribution in [-0.4, -0.2) is 18.4 Å². The third-order valence-electron chi connectivity index (χ3n) is 3.98. The van der Waals surface area contributed by atoms with Crippen LogP contribution < -0.4 is 10.5 Å². The largest absolute Gasteiger partial charge is 0.419 e. The summed E-state index contributed by atoms with van der Waals surface area (Å²) < 4.78 is 62.2. The number of benzene rings is 1. The summed E-state index contributed by atoms with van der Waals surface area (Å²) in [5.41, 5.74) is 0.0485. The summed E-state index contributed by atoms with van der Waals surface area (Å²) in [5.74, 6) is -0.402. The Balaban J connectivity index is 2.42. The maximum absolute atomic E-state index is 13.2. The number of primary sulfonamides is 1. The van der Waals surface area contributed by atoms with Crippen molar-refractivity contribution in [2.24, 2.45) is 5.14 Å². The summed E-state index contributed by atoms with van der Waals surface area (Å²) in [7, 11) is -3.84. The Bertz CT molecular complexity index is 914. The van der Waals surface area contributed by atoms with Gasteiger partial charge in [-0.3, -0.25) is 0 Å². The molecule has 0 saturated heterocycles. The van der Waals surface area contributed by atoms with Crippen LogP contribution in [0.25, 0.3) is 0 Å². The summed E-state index contributed by atoms with van der Waals surface area (Å²) in [6, 6.07) is 4.11.